The Balaban J connectivity index is 0.000000262. The van der Waals surface area contributed by atoms with E-state index in [1.807, 2.05) is 30.3 Å². The molecule has 0 radical (unpaired) electrons. The lowest BCUT2D eigenvalue weighted by molar-refractivity contribution is -0.165. The van der Waals surface area contributed by atoms with Gasteiger partial charge in [-0.2, -0.15) is 5.26 Å². The van der Waals surface area contributed by atoms with Crippen LogP contribution in [0.4, 0.5) is 5.82 Å². The van der Waals surface area contributed by atoms with Crippen molar-refractivity contribution in [2.24, 2.45) is 5.41 Å². The predicted molar refractivity (Wildman–Crippen MR) is 112 cm³/mol. The van der Waals surface area contributed by atoms with Gasteiger partial charge in [0.2, 0.25) is 5.91 Å². The van der Waals surface area contributed by atoms with E-state index in [0.29, 0.717) is 6.54 Å². The van der Waals surface area contributed by atoms with Crippen LogP contribution in [-0.4, -0.2) is 96.5 Å². The van der Waals surface area contributed by atoms with Crippen LogP contribution < -0.4 is 4.90 Å². The predicted octanol–water partition coefficient (Wildman–Crippen LogP) is -0.824. The van der Waals surface area contributed by atoms with Crippen LogP contribution in [-0.2, 0) is 14.4 Å². The van der Waals surface area contributed by atoms with Crippen LogP contribution in [0.2, 0.25) is 0 Å². The first-order chi connectivity index (χ1) is 15.6. The molecule has 13 nitrogen and oxygen atoms in total. The number of aromatic amines is 1. The molecule has 33 heavy (non-hydrogen) atoms. The van der Waals surface area contributed by atoms with Gasteiger partial charge in [0.25, 0.3) is 0 Å². The fraction of sp³-hybridized carbons (Fsp3) is 0.500. The third-order valence-corrected chi connectivity index (χ3v) is 6.02. The summed E-state index contributed by atoms with van der Waals surface area (Å²) < 4.78 is 0. The number of aliphatic hydroxyl groups is 2. The van der Waals surface area contributed by atoms with Gasteiger partial charge in [-0.25, -0.2) is 19.6 Å². The Hall–Kier alpha value is -3.76. The van der Waals surface area contributed by atoms with Crippen molar-refractivity contribution in [2.75, 3.05) is 25.0 Å². The lowest BCUT2D eigenvalue weighted by atomic mass is 9.99. The molecular formula is C20H24N6O7. The zero-order valence-corrected chi connectivity index (χ0v) is 17.7. The van der Waals surface area contributed by atoms with E-state index in [-0.39, 0.29) is 23.8 Å². The minimum Gasteiger partial charge on any atom is -0.479 e. The van der Waals surface area contributed by atoms with Gasteiger partial charge in [-0.05, 0) is 18.9 Å². The molecule has 5 N–H and O–H groups in total. The first-order valence-corrected chi connectivity index (χ1v) is 10.1. The van der Waals surface area contributed by atoms with Gasteiger partial charge in [0.05, 0.1) is 17.5 Å². The first-order valence-electron chi connectivity index (χ1n) is 10.1. The molecule has 4 rings (SSSR count). The Bertz CT molecular complexity index is 1070. The van der Waals surface area contributed by atoms with Crippen molar-refractivity contribution in [1.82, 2.24) is 19.9 Å². The second kappa shape index (κ2) is 9.39. The Morgan fingerprint density at radius 3 is 2.45 bits per heavy atom. The van der Waals surface area contributed by atoms with Gasteiger partial charge in [0.1, 0.15) is 24.2 Å². The smallest absolute Gasteiger partial charge is 0.335 e. The molecule has 0 bridgehead atoms. The summed E-state index contributed by atoms with van der Waals surface area (Å²) in [5, 5.41) is 42.3. The second-order valence-corrected chi connectivity index (χ2v) is 8.10. The zero-order chi connectivity index (χ0) is 24.3. The van der Waals surface area contributed by atoms with Crippen molar-refractivity contribution in [3.05, 3.63) is 18.6 Å². The zero-order valence-electron chi connectivity index (χ0n) is 17.7. The fourth-order valence-electron chi connectivity index (χ4n) is 4.06. The van der Waals surface area contributed by atoms with E-state index in [4.69, 9.17) is 25.7 Å². The Labute approximate surface area is 187 Å². The summed E-state index contributed by atoms with van der Waals surface area (Å²) in [5.74, 6) is -2.71. The highest BCUT2D eigenvalue weighted by atomic mass is 16.4. The van der Waals surface area contributed by atoms with Crippen molar-refractivity contribution in [2.45, 2.75) is 37.5 Å². The quantitative estimate of drug-likeness (QED) is 0.360. The van der Waals surface area contributed by atoms with E-state index in [0.717, 1.165) is 36.2 Å². The van der Waals surface area contributed by atoms with Gasteiger partial charge in [-0.3, -0.25) is 4.79 Å². The Morgan fingerprint density at radius 1 is 1.27 bits per heavy atom. The maximum atomic E-state index is 12.1. The largest absolute Gasteiger partial charge is 0.479 e. The number of aromatic nitrogens is 3. The number of amides is 1. The summed E-state index contributed by atoms with van der Waals surface area (Å²) in [6, 6.07) is 4.17. The van der Waals surface area contributed by atoms with Crippen molar-refractivity contribution in [3.63, 3.8) is 0 Å². The normalized spacial score (nSPS) is 19.8. The minimum absolute atomic E-state index is 0.0396. The number of aliphatic carboxylic acids is 2. The molecule has 1 saturated heterocycles. The van der Waals surface area contributed by atoms with Crippen LogP contribution in [0.5, 0.6) is 0 Å². The van der Waals surface area contributed by atoms with Crippen molar-refractivity contribution in [3.8, 4) is 6.07 Å². The van der Waals surface area contributed by atoms with Crippen LogP contribution in [0.15, 0.2) is 18.6 Å². The number of likely N-dealkylation sites (tertiary alicyclic amines) is 1. The number of nitriles is 1. The second-order valence-electron chi connectivity index (χ2n) is 8.10. The molecule has 2 fully saturated rings. The lowest BCUT2D eigenvalue weighted by Crippen LogP contribution is -2.40. The maximum Gasteiger partial charge on any atom is 0.335 e. The molecule has 1 saturated carbocycles. The number of hydrogen-bond acceptors (Lipinski definition) is 9. The van der Waals surface area contributed by atoms with Gasteiger partial charge in [-0.1, -0.05) is 0 Å². The van der Waals surface area contributed by atoms with Crippen LogP contribution >= 0.6 is 0 Å². The van der Waals surface area contributed by atoms with Gasteiger partial charge in [0.15, 0.2) is 12.2 Å². The highest BCUT2D eigenvalue weighted by Crippen LogP contribution is 2.55. The number of H-pyrrole nitrogens is 1. The molecule has 176 valence electrons. The Morgan fingerprint density at radius 2 is 1.91 bits per heavy atom. The fourth-order valence-corrected chi connectivity index (χ4v) is 4.06. The third kappa shape index (κ3) is 4.86. The molecule has 3 heterocycles. The number of nitrogens with zero attached hydrogens (tertiary/aromatic N) is 5. The van der Waals surface area contributed by atoms with E-state index in [2.05, 4.69) is 19.9 Å². The summed E-state index contributed by atoms with van der Waals surface area (Å²) in [6.07, 6.45) is 1.11. The number of rotatable bonds is 6. The molecule has 1 aliphatic carbocycles. The third-order valence-electron chi connectivity index (χ3n) is 6.02. The van der Waals surface area contributed by atoms with E-state index >= 15 is 0 Å². The van der Waals surface area contributed by atoms with Gasteiger partial charge in [-0.15, -0.1) is 0 Å². The number of nitrogens with one attached hydrogen (secondary N) is 1. The number of carbonyl (C=O) groups excluding carboxylic acids is 1. The van der Waals surface area contributed by atoms with Crippen LogP contribution in [0, 0.1) is 16.7 Å². The summed E-state index contributed by atoms with van der Waals surface area (Å²) in [7, 11) is 2.04. The summed E-state index contributed by atoms with van der Waals surface area (Å²) in [4.78, 5) is 47.5. The van der Waals surface area contributed by atoms with E-state index in [1.165, 1.54) is 0 Å². The van der Waals surface area contributed by atoms with Crippen LogP contribution in [0.1, 0.15) is 19.3 Å². The molecule has 1 spiro atoms. The first kappa shape index (κ1) is 23.9. The molecule has 2 unspecified atom stereocenters. The molecule has 1 aliphatic heterocycles. The van der Waals surface area contributed by atoms with Crippen LogP contribution in [0.25, 0.3) is 11.0 Å². The molecule has 0 aromatic carbocycles. The van der Waals surface area contributed by atoms with Crippen molar-refractivity contribution in [1.29, 1.82) is 5.26 Å². The highest BCUT2D eigenvalue weighted by molar-refractivity contribution is 5.87. The molecule has 13 heteroatoms. The number of aliphatic hydroxyl groups excluding tert-OH is 2. The van der Waals surface area contributed by atoms with Crippen molar-refractivity contribution < 1.29 is 34.8 Å². The molecule has 2 aromatic heterocycles. The van der Waals surface area contributed by atoms with Gasteiger partial charge < -0.3 is 35.2 Å². The summed E-state index contributed by atoms with van der Waals surface area (Å²) >= 11 is 0. The monoisotopic (exact) mass is 460 g/mol. The number of anilines is 1. The summed E-state index contributed by atoms with van der Waals surface area (Å²) in [6.45, 7) is 1.41. The number of carboxylic acid groups (broad SMARTS) is 2. The van der Waals surface area contributed by atoms with Gasteiger partial charge >= 0.3 is 11.9 Å². The summed E-state index contributed by atoms with van der Waals surface area (Å²) in [5.41, 5.74) is 0.982. The standard InChI is InChI=1S/C16H18N6O.C4H6O6/c1-21(15-11-3-7-18-14(11)19-10-20-15)12-8-22(13(23)2-6-17)9-16(12)4-5-16;5-1(3(7)8)2(6)4(9)10/h3,7,10,12H,2,4-5,8-9H2,1H3,(H,18,19,20);1-2,5-6H,(H,7,8)(H,9,10)/t12-;/m0./s1. The average Bonchev–Trinajstić information content (AvgIpc) is 3.21. The highest BCUT2D eigenvalue weighted by Gasteiger charge is 2.57. The molecule has 3 atom stereocenters. The van der Waals surface area contributed by atoms with Crippen molar-refractivity contribution >= 4 is 34.7 Å². The number of fused-ring (bicyclic) bond motifs is 1. The lowest BCUT2D eigenvalue weighted by Gasteiger charge is -2.30. The molecular weight excluding hydrogens is 436 g/mol. The topological polar surface area (TPSA) is 204 Å². The maximum absolute atomic E-state index is 12.1. The van der Waals surface area contributed by atoms with E-state index < -0.39 is 24.1 Å². The minimum atomic E-state index is -2.27. The number of likely N-dealkylation sites (N-methyl/N-ethyl adjacent to an activating group) is 1. The average molecular weight is 460 g/mol. The molecule has 2 aromatic rings. The SMILES string of the molecule is CN(c1ncnc2[nH]ccc12)[C@H]1CN(C(=O)CC#N)CC12CC2.O=C(O)C(O)C(O)C(=O)O. The van der Waals surface area contributed by atoms with E-state index in [9.17, 15) is 14.4 Å². The Kier molecular flexibility index (Phi) is 6.80. The van der Waals surface area contributed by atoms with Crippen LogP contribution in [0.3, 0.4) is 0 Å². The number of carbonyl (C=O) groups is 3. The number of carboxylic acids is 2. The number of hydrogen-bond donors (Lipinski definition) is 5. The molecule has 1 amide bonds. The van der Waals surface area contributed by atoms with Gasteiger partial charge in [0, 0.05) is 31.7 Å². The molecule has 2 aliphatic rings. The van der Waals surface area contributed by atoms with E-state index in [1.54, 1.807) is 6.33 Å².